The van der Waals surface area contributed by atoms with Crippen molar-refractivity contribution >= 4 is 56.8 Å². The Bertz CT molecular complexity index is 1020. The van der Waals surface area contributed by atoms with Crippen LogP contribution < -0.4 is 19.7 Å². The maximum Gasteiger partial charge on any atom is 0.270 e. The van der Waals surface area contributed by atoms with E-state index in [1.165, 1.54) is 25.2 Å². The van der Waals surface area contributed by atoms with E-state index in [1.54, 1.807) is 24.3 Å². The molecule has 1 saturated heterocycles. The van der Waals surface area contributed by atoms with Gasteiger partial charge in [-0.1, -0.05) is 34.1 Å². The number of carbonyl (C=O) groups is 2. The number of nitrogens with one attached hydrogen (secondary N) is 1. The number of para-hydroxylation sites is 1. The summed E-state index contributed by atoms with van der Waals surface area (Å²) >= 11 is 8.64. The third kappa shape index (κ3) is 3.65. The maximum atomic E-state index is 13.2. The molecule has 0 atom stereocenters. The number of rotatable bonds is 4. The number of carbonyl (C=O) groups excluding carboxylic acids is 2. The molecule has 3 rings (SSSR count). The number of methoxy groups -OCH3 is 2. The van der Waals surface area contributed by atoms with Crippen molar-refractivity contribution in [1.82, 2.24) is 5.32 Å². The van der Waals surface area contributed by atoms with Gasteiger partial charge in [-0.25, -0.2) is 0 Å². The second-order valence-electron chi connectivity index (χ2n) is 5.97. The second kappa shape index (κ2) is 8.12. The zero-order valence-electron chi connectivity index (χ0n) is 15.4. The van der Waals surface area contributed by atoms with Crippen LogP contribution in [-0.2, 0) is 9.59 Å². The Hall–Kier alpha value is -2.71. The number of benzene rings is 2. The summed E-state index contributed by atoms with van der Waals surface area (Å²) in [6.45, 7) is 1.87. The van der Waals surface area contributed by atoms with Gasteiger partial charge in [0.25, 0.3) is 11.8 Å². The van der Waals surface area contributed by atoms with Crippen LogP contribution in [0, 0.1) is 6.92 Å². The molecule has 0 spiro atoms. The van der Waals surface area contributed by atoms with Gasteiger partial charge in [0.15, 0.2) is 16.6 Å². The van der Waals surface area contributed by atoms with Crippen LogP contribution in [0.5, 0.6) is 11.5 Å². The van der Waals surface area contributed by atoms with Crippen LogP contribution in [0.2, 0.25) is 0 Å². The van der Waals surface area contributed by atoms with Crippen molar-refractivity contribution in [3.8, 4) is 11.5 Å². The Morgan fingerprint density at radius 3 is 2.50 bits per heavy atom. The van der Waals surface area contributed by atoms with Gasteiger partial charge in [0.1, 0.15) is 5.57 Å². The molecule has 8 heteroatoms. The summed E-state index contributed by atoms with van der Waals surface area (Å²) < 4.78 is 11.5. The van der Waals surface area contributed by atoms with E-state index in [-0.39, 0.29) is 10.7 Å². The summed E-state index contributed by atoms with van der Waals surface area (Å²) in [7, 11) is 3.00. The SMILES string of the molecule is COc1cc(Br)cc(/C=C2\C(=O)NC(=S)N(c3ccccc3C)C2=O)c1OC. The molecule has 144 valence electrons. The normalized spacial score (nSPS) is 15.6. The van der Waals surface area contributed by atoms with Crippen molar-refractivity contribution in [2.24, 2.45) is 0 Å². The molecule has 2 aromatic rings. The molecule has 1 fully saturated rings. The van der Waals surface area contributed by atoms with Crippen LogP contribution in [0.1, 0.15) is 11.1 Å². The Labute approximate surface area is 176 Å². The third-order valence-corrected chi connectivity index (χ3v) is 4.97. The lowest BCUT2D eigenvalue weighted by Crippen LogP contribution is -2.54. The molecule has 0 aliphatic carbocycles. The molecular formula is C20H17BrN2O4S. The lowest BCUT2D eigenvalue weighted by molar-refractivity contribution is -0.122. The summed E-state index contributed by atoms with van der Waals surface area (Å²) in [5.74, 6) is -0.196. The van der Waals surface area contributed by atoms with Crippen LogP contribution in [0.3, 0.4) is 0 Å². The van der Waals surface area contributed by atoms with Crippen LogP contribution in [-0.4, -0.2) is 31.1 Å². The Kier molecular flexibility index (Phi) is 5.81. The van der Waals surface area contributed by atoms with Gasteiger partial charge in [0.05, 0.1) is 19.9 Å². The molecule has 1 aliphatic rings. The number of nitrogens with zero attached hydrogens (tertiary/aromatic N) is 1. The van der Waals surface area contributed by atoms with Crippen molar-refractivity contribution in [1.29, 1.82) is 0 Å². The lowest BCUT2D eigenvalue weighted by Gasteiger charge is -2.30. The first-order valence-electron chi connectivity index (χ1n) is 8.26. The fourth-order valence-corrected chi connectivity index (χ4v) is 3.64. The molecule has 0 unspecified atom stereocenters. The number of hydrogen-bond acceptors (Lipinski definition) is 5. The fraction of sp³-hybridized carbons (Fsp3) is 0.150. The van der Waals surface area contributed by atoms with Gasteiger partial charge < -0.3 is 9.47 Å². The average Bonchev–Trinajstić information content (AvgIpc) is 2.66. The molecule has 0 radical (unpaired) electrons. The first-order chi connectivity index (χ1) is 13.4. The Morgan fingerprint density at radius 1 is 1.14 bits per heavy atom. The van der Waals surface area contributed by atoms with Gasteiger partial charge in [-0.2, -0.15) is 0 Å². The van der Waals surface area contributed by atoms with E-state index in [2.05, 4.69) is 21.2 Å². The molecule has 6 nitrogen and oxygen atoms in total. The molecule has 0 aromatic heterocycles. The molecule has 2 amide bonds. The van der Waals surface area contributed by atoms with E-state index in [9.17, 15) is 9.59 Å². The zero-order chi connectivity index (χ0) is 20.4. The van der Waals surface area contributed by atoms with Gasteiger partial charge in [-0.05, 0) is 49.0 Å². The van der Waals surface area contributed by atoms with E-state index < -0.39 is 11.8 Å². The van der Waals surface area contributed by atoms with E-state index in [4.69, 9.17) is 21.7 Å². The van der Waals surface area contributed by atoms with Gasteiger partial charge in [-0.3, -0.25) is 19.8 Å². The number of aryl methyl sites for hydroxylation is 1. The van der Waals surface area contributed by atoms with Crippen LogP contribution >= 0.6 is 28.1 Å². The fourth-order valence-electron chi connectivity index (χ4n) is 2.91. The predicted molar refractivity (Wildman–Crippen MR) is 115 cm³/mol. The lowest BCUT2D eigenvalue weighted by atomic mass is 10.0. The van der Waals surface area contributed by atoms with E-state index in [0.29, 0.717) is 27.2 Å². The monoisotopic (exact) mass is 460 g/mol. The molecule has 0 bridgehead atoms. The molecule has 1 aliphatic heterocycles. The zero-order valence-corrected chi connectivity index (χ0v) is 17.8. The topological polar surface area (TPSA) is 67.9 Å². The maximum absolute atomic E-state index is 13.2. The highest BCUT2D eigenvalue weighted by Gasteiger charge is 2.35. The minimum atomic E-state index is -0.569. The number of thiocarbonyl (C=S) groups is 1. The number of ether oxygens (including phenoxy) is 2. The second-order valence-corrected chi connectivity index (χ2v) is 7.28. The number of hydrogen-bond donors (Lipinski definition) is 1. The molecule has 1 N–H and O–H groups in total. The van der Waals surface area contributed by atoms with Crippen LogP contribution in [0.15, 0.2) is 46.4 Å². The average molecular weight is 461 g/mol. The summed E-state index contributed by atoms with van der Waals surface area (Å²) in [6.07, 6.45) is 1.47. The molecule has 2 aromatic carbocycles. The largest absolute Gasteiger partial charge is 0.493 e. The third-order valence-electron chi connectivity index (χ3n) is 4.23. The molecule has 1 heterocycles. The molecular weight excluding hydrogens is 444 g/mol. The summed E-state index contributed by atoms with van der Waals surface area (Å²) in [4.78, 5) is 27.0. The van der Waals surface area contributed by atoms with Crippen LogP contribution in [0.25, 0.3) is 6.08 Å². The van der Waals surface area contributed by atoms with E-state index in [0.717, 1.165) is 5.56 Å². The predicted octanol–water partition coefficient (Wildman–Crippen LogP) is 3.61. The first-order valence-corrected chi connectivity index (χ1v) is 9.46. The highest BCUT2D eigenvalue weighted by atomic mass is 79.9. The van der Waals surface area contributed by atoms with Gasteiger partial charge in [-0.15, -0.1) is 0 Å². The first kappa shape index (κ1) is 20.0. The van der Waals surface area contributed by atoms with Crippen molar-refractivity contribution < 1.29 is 19.1 Å². The van der Waals surface area contributed by atoms with Gasteiger partial charge in [0, 0.05) is 10.0 Å². The van der Waals surface area contributed by atoms with E-state index in [1.807, 2.05) is 19.1 Å². The number of amides is 2. The van der Waals surface area contributed by atoms with Gasteiger partial charge in [0.2, 0.25) is 0 Å². The molecule has 0 saturated carbocycles. The summed E-state index contributed by atoms with van der Waals surface area (Å²) in [5, 5.41) is 2.62. The smallest absolute Gasteiger partial charge is 0.270 e. The van der Waals surface area contributed by atoms with Gasteiger partial charge >= 0.3 is 0 Å². The van der Waals surface area contributed by atoms with Crippen molar-refractivity contribution in [2.45, 2.75) is 6.92 Å². The van der Waals surface area contributed by atoms with Crippen molar-refractivity contribution in [2.75, 3.05) is 19.1 Å². The quantitative estimate of drug-likeness (QED) is 0.428. The Balaban J connectivity index is 2.13. The standard InChI is InChI=1S/C20H17BrN2O4S/c1-11-6-4-5-7-15(11)23-19(25)14(18(24)22-20(23)28)9-12-8-13(21)10-16(26-2)17(12)27-3/h4-10H,1-3H3,(H,22,24,28)/b14-9+. The van der Waals surface area contributed by atoms with E-state index >= 15 is 0 Å². The number of halogens is 1. The van der Waals surface area contributed by atoms with Crippen molar-refractivity contribution in [3.05, 3.63) is 57.6 Å². The van der Waals surface area contributed by atoms with Crippen molar-refractivity contribution in [3.63, 3.8) is 0 Å². The summed E-state index contributed by atoms with van der Waals surface area (Å²) in [5.41, 5.74) is 1.93. The highest BCUT2D eigenvalue weighted by molar-refractivity contribution is 9.10. The van der Waals surface area contributed by atoms with Crippen LogP contribution in [0.4, 0.5) is 5.69 Å². The Morgan fingerprint density at radius 2 is 1.86 bits per heavy atom. The number of anilines is 1. The summed E-state index contributed by atoms with van der Waals surface area (Å²) in [6, 6.07) is 10.8. The minimum absolute atomic E-state index is 0.0419. The highest BCUT2D eigenvalue weighted by Crippen LogP contribution is 2.36. The molecule has 28 heavy (non-hydrogen) atoms. The minimum Gasteiger partial charge on any atom is -0.493 e.